The molecule has 2 N–H and O–H groups in total. The molecule has 0 aliphatic rings. The second-order valence-electron chi connectivity index (χ2n) is 5.58. The van der Waals surface area contributed by atoms with Crippen LogP contribution in [0.25, 0.3) is 5.65 Å². The molecule has 0 spiro atoms. The van der Waals surface area contributed by atoms with Gasteiger partial charge in [-0.1, -0.05) is 36.4 Å². The van der Waals surface area contributed by atoms with Gasteiger partial charge in [-0.05, 0) is 24.1 Å². The van der Waals surface area contributed by atoms with Crippen molar-refractivity contribution >= 4 is 17.5 Å². The van der Waals surface area contributed by atoms with E-state index in [1.807, 2.05) is 29.7 Å². The number of carboxylic acids is 1. The molecule has 0 aliphatic carbocycles. The first-order chi connectivity index (χ1) is 11.5. The van der Waals surface area contributed by atoms with Crippen molar-refractivity contribution in [2.45, 2.75) is 19.4 Å². The van der Waals surface area contributed by atoms with Crippen LogP contribution in [0.2, 0.25) is 0 Å². The summed E-state index contributed by atoms with van der Waals surface area (Å²) >= 11 is 0. The number of carboxylic acid groups (broad SMARTS) is 1. The van der Waals surface area contributed by atoms with E-state index in [2.05, 4.69) is 10.3 Å². The van der Waals surface area contributed by atoms with E-state index in [0.717, 1.165) is 11.2 Å². The highest BCUT2D eigenvalue weighted by molar-refractivity contribution is 5.85. The van der Waals surface area contributed by atoms with Gasteiger partial charge < -0.3 is 14.8 Å². The Morgan fingerprint density at radius 2 is 1.96 bits per heavy atom. The first-order valence-electron chi connectivity index (χ1n) is 7.55. The molecule has 0 fully saturated rings. The van der Waals surface area contributed by atoms with Crippen LogP contribution in [0.15, 0.2) is 54.9 Å². The fraction of sp³-hybridized carbons (Fsp3) is 0.167. The van der Waals surface area contributed by atoms with Gasteiger partial charge in [0.05, 0.1) is 12.1 Å². The van der Waals surface area contributed by atoms with Crippen molar-refractivity contribution in [1.29, 1.82) is 0 Å². The minimum absolute atomic E-state index is 0.0255. The minimum atomic E-state index is -1.10. The summed E-state index contributed by atoms with van der Waals surface area (Å²) in [5, 5.41) is 11.9. The Morgan fingerprint density at radius 3 is 2.62 bits per heavy atom. The van der Waals surface area contributed by atoms with Crippen LogP contribution in [-0.4, -0.2) is 26.4 Å². The molecule has 3 rings (SSSR count). The average molecular weight is 323 g/mol. The monoisotopic (exact) mass is 323 g/mol. The van der Waals surface area contributed by atoms with Gasteiger partial charge in [0.25, 0.3) is 0 Å². The van der Waals surface area contributed by atoms with Crippen LogP contribution in [0, 0.1) is 6.92 Å². The molecule has 122 valence electrons. The maximum absolute atomic E-state index is 12.2. The topological polar surface area (TPSA) is 83.7 Å². The Bertz CT molecular complexity index is 887. The lowest BCUT2D eigenvalue weighted by atomic mass is 10.1. The third-order valence-electron chi connectivity index (χ3n) is 3.75. The van der Waals surface area contributed by atoms with E-state index in [9.17, 15) is 14.7 Å². The van der Waals surface area contributed by atoms with Crippen molar-refractivity contribution < 1.29 is 14.7 Å². The zero-order valence-corrected chi connectivity index (χ0v) is 13.1. The van der Waals surface area contributed by atoms with Crippen molar-refractivity contribution in [2.75, 3.05) is 0 Å². The fourth-order valence-electron chi connectivity index (χ4n) is 2.60. The summed E-state index contributed by atoms with van der Waals surface area (Å²) in [7, 11) is 0. The molecule has 2 heterocycles. The van der Waals surface area contributed by atoms with E-state index in [1.54, 1.807) is 36.5 Å². The standard InChI is InChI=1S/C18H17N3O3/c1-12-6-5-9-21-11-14(19-17(12)21)10-15(22)20-16(18(23)24)13-7-3-2-4-8-13/h2-9,11,16H,10H2,1H3,(H,20,22)(H,23,24). The number of amides is 1. The number of carbonyl (C=O) groups excluding carboxylic acids is 1. The Hall–Kier alpha value is -3.15. The van der Waals surface area contributed by atoms with Gasteiger partial charge in [-0.2, -0.15) is 0 Å². The number of nitrogens with one attached hydrogen (secondary N) is 1. The maximum Gasteiger partial charge on any atom is 0.330 e. The smallest absolute Gasteiger partial charge is 0.330 e. The first kappa shape index (κ1) is 15.7. The number of aryl methyl sites for hydroxylation is 1. The van der Waals surface area contributed by atoms with Crippen LogP contribution in [0.3, 0.4) is 0 Å². The maximum atomic E-state index is 12.2. The molecule has 1 aromatic carbocycles. The van der Waals surface area contributed by atoms with Gasteiger partial charge in [-0.15, -0.1) is 0 Å². The summed E-state index contributed by atoms with van der Waals surface area (Å²) in [5.41, 5.74) is 2.93. The highest BCUT2D eigenvalue weighted by atomic mass is 16.4. The third-order valence-corrected chi connectivity index (χ3v) is 3.75. The molecule has 2 aromatic heterocycles. The van der Waals surface area contributed by atoms with Crippen molar-refractivity contribution in [3.8, 4) is 0 Å². The molecule has 6 heteroatoms. The van der Waals surface area contributed by atoms with E-state index in [-0.39, 0.29) is 12.3 Å². The first-order valence-corrected chi connectivity index (χ1v) is 7.55. The third kappa shape index (κ3) is 3.27. The molecule has 0 aliphatic heterocycles. The molecular formula is C18H17N3O3. The number of pyridine rings is 1. The predicted molar refractivity (Wildman–Crippen MR) is 88.6 cm³/mol. The summed E-state index contributed by atoms with van der Waals surface area (Å²) in [5.74, 6) is -1.48. The fourth-order valence-corrected chi connectivity index (χ4v) is 2.60. The zero-order valence-electron chi connectivity index (χ0n) is 13.1. The molecule has 24 heavy (non-hydrogen) atoms. The second kappa shape index (κ2) is 6.54. The number of hydrogen-bond donors (Lipinski definition) is 2. The normalized spacial score (nSPS) is 12.0. The number of carbonyl (C=O) groups is 2. The number of nitrogens with zero attached hydrogens (tertiary/aromatic N) is 2. The van der Waals surface area contributed by atoms with Gasteiger partial charge >= 0.3 is 5.97 Å². The molecule has 6 nitrogen and oxygen atoms in total. The lowest BCUT2D eigenvalue weighted by Crippen LogP contribution is -2.34. The number of aromatic nitrogens is 2. The number of aliphatic carboxylic acids is 1. The summed E-state index contributed by atoms with van der Waals surface area (Å²) < 4.78 is 1.85. The molecule has 3 aromatic rings. The number of imidazole rings is 1. The number of rotatable bonds is 5. The van der Waals surface area contributed by atoms with Crippen molar-refractivity contribution in [2.24, 2.45) is 0 Å². The molecule has 1 atom stereocenters. The highest BCUT2D eigenvalue weighted by Crippen LogP contribution is 2.14. The Kier molecular flexibility index (Phi) is 4.29. The van der Waals surface area contributed by atoms with Gasteiger partial charge in [0.2, 0.25) is 5.91 Å². The Labute approximate surface area is 138 Å². The summed E-state index contributed by atoms with van der Waals surface area (Å²) in [6, 6.07) is 11.4. The molecule has 0 saturated heterocycles. The minimum Gasteiger partial charge on any atom is -0.479 e. The average Bonchev–Trinajstić information content (AvgIpc) is 2.97. The largest absolute Gasteiger partial charge is 0.479 e. The number of hydrogen-bond acceptors (Lipinski definition) is 3. The molecule has 1 unspecified atom stereocenters. The van der Waals surface area contributed by atoms with Crippen LogP contribution >= 0.6 is 0 Å². The van der Waals surface area contributed by atoms with Gasteiger partial charge in [-0.3, -0.25) is 4.79 Å². The second-order valence-corrected chi connectivity index (χ2v) is 5.58. The molecule has 0 saturated carbocycles. The van der Waals surface area contributed by atoms with E-state index in [1.165, 1.54) is 0 Å². The van der Waals surface area contributed by atoms with Gasteiger partial charge in [0.15, 0.2) is 6.04 Å². The Balaban J connectivity index is 1.76. The van der Waals surface area contributed by atoms with E-state index >= 15 is 0 Å². The SMILES string of the molecule is Cc1cccn2cc(CC(=O)NC(C(=O)O)c3ccccc3)nc12. The van der Waals surface area contributed by atoms with E-state index < -0.39 is 12.0 Å². The highest BCUT2D eigenvalue weighted by Gasteiger charge is 2.22. The number of fused-ring (bicyclic) bond motifs is 1. The van der Waals surface area contributed by atoms with Crippen molar-refractivity contribution in [3.05, 3.63) is 71.7 Å². The quantitative estimate of drug-likeness (QED) is 0.753. The molecule has 0 bridgehead atoms. The van der Waals surface area contributed by atoms with Crippen LogP contribution in [0.4, 0.5) is 0 Å². The Morgan fingerprint density at radius 1 is 1.21 bits per heavy atom. The van der Waals surface area contributed by atoms with E-state index in [0.29, 0.717) is 11.3 Å². The molecule has 1 amide bonds. The van der Waals surface area contributed by atoms with Crippen molar-refractivity contribution in [3.63, 3.8) is 0 Å². The zero-order chi connectivity index (χ0) is 17.1. The summed E-state index contributed by atoms with van der Waals surface area (Å²) in [6.07, 6.45) is 3.67. The van der Waals surface area contributed by atoms with Crippen LogP contribution in [0.1, 0.15) is 22.9 Å². The van der Waals surface area contributed by atoms with Crippen LogP contribution < -0.4 is 5.32 Å². The lowest BCUT2D eigenvalue weighted by molar-refractivity contribution is -0.142. The van der Waals surface area contributed by atoms with Gasteiger partial charge in [0, 0.05) is 12.4 Å². The van der Waals surface area contributed by atoms with Gasteiger partial charge in [0.1, 0.15) is 5.65 Å². The van der Waals surface area contributed by atoms with Crippen LogP contribution in [-0.2, 0) is 16.0 Å². The van der Waals surface area contributed by atoms with Crippen molar-refractivity contribution in [1.82, 2.24) is 14.7 Å². The predicted octanol–water partition coefficient (Wildman–Crippen LogP) is 2.13. The molecular weight excluding hydrogens is 306 g/mol. The molecule has 0 radical (unpaired) electrons. The lowest BCUT2D eigenvalue weighted by Gasteiger charge is -2.14. The summed E-state index contributed by atoms with van der Waals surface area (Å²) in [6.45, 7) is 1.95. The van der Waals surface area contributed by atoms with Crippen LogP contribution in [0.5, 0.6) is 0 Å². The summed E-state index contributed by atoms with van der Waals surface area (Å²) in [4.78, 5) is 28.1. The van der Waals surface area contributed by atoms with E-state index in [4.69, 9.17) is 0 Å². The number of benzene rings is 1. The van der Waals surface area contributed by atoms with Gasteiger partial charge in [-0.25, -0.2) is 9.78 Å².